The molecule has 0 bridgehead atoms. The number of aldehydes is 1. The van der Waals surface area contributed by atoms with E-state index in [-0.39, 0.29) is 45.1 Å². The number of esters is 2. The van der Waals surface area contributed by atoms with Gasteiger partial charge in [0.05, 0.1) is 0 Å². The Bertz CT molecular complexity index is 775. The van der Waals surface area contributed by atoms with Crippen LogP contribution in [0, 0.1) is 0 Å². The van der Waals surface area contributed by atoms with Crippen LogP contribution in [0.15, 0.2) is 30.3 Å². The quantitative estimate of drug-likeness (QED) is 0.260. The molecule has 0 aliphatic carbocycles. The Morgan fingerprint density at radius 1 is 0.824 bits per heavy atom. The largest absolute Gasteiger partial charge is 0.460 e. The third-order valence-corrected chi connectivity index (χ3v) is 4.78. The van der Waals surface area contributed by atoms with Crippen molar-refractivity contribution < 1.29 is 33.4 Å². The van der Waals surface area contributed by atoms with Crippen molar-refractivity contribution in [3.63, 3.8) is 0 Å². The van der Waals surface area contributed by atoms with Crippen molar-refractivity contribution in [1.29, 1.82) is 0 Å². The van der Waals surface area contributed by atoms with Crippen molar-refractivity contribution in [3.8, 4) is 0 Å². The molecule has 1 aromatic rings. The first-order chi connectivity index (χ1) is 15.7. The maximum absolute atomic E-state index is 12.7. The lowest BCUT2D eigenvalue weighted by Gasteiger charge is -2.34. The molecule has 0 aliphatic heterocycles. The summed E-state index contributed by atoms with van der Waals surface area (Å²) >= 11 is 0. The van der Waals surface area contributed by atoms with Crippen LogP contribution in [-0.4, -0.2) is 41.1 Å². The highest BCUT2D eigenvalue weighted by atomic mass is 16.6. The summed E-state index contributed by atoms with van der Waals surface area (Å²) in [6, 6.07) is 9.20. The molecule has 0 atom stereocenters. The van der Waals surface area contributed by atoms with E-state index < -0.39 is 34.8 Å². The SMILES string of the molecule is CC(C)(C)OC(=O)CCC(CCC=O)(CCC(=O)OC(C)(C)C)NC(=O)OCc1ccccc1. The van der Waals surface area contributed by atoms with E-state index in [1.807, 2.05) is 30.3 Å². The first-order valence-electron chi connectivity index (χ1n) is 11.6. The number of amides is 1. The lowest BCUT2D eigenvalue weighted by Crippen LogP contribution is -2.49. The van der Waals surface area contributed by atoms with Gasteiger partial charge < -0.3 is 24.3 Å². The molecule has 0 fully saturated rings. The molecule has 0 aliphatic rings. The van der Waals surface area contributed by atoms with E-state index in [1.165, 1.54) is 0 Å². The number of ether oxygens (including phenoxy) is 3. The van der Waals surface area contributed by atoms with E-state index in [0.29, 0.717) is 0 Å². The van der Waals surface area contributed by atoms with Gasteiger partial charge in [-0.15, -0.1) is 0 Å². The molecule has 1 N–H and O–H groups in total. The molecule has 8 heteroatoms. The van der Waals surface area contributed by atoms with Gasteiger partial charge in [0.1, 0.15) is 24.1 Å². The van der Waals surface area contributed by atoms with Crippen LogP contribution in [0.5, 0.6) is 0 Å². The number of hydrogen-bond acceptors (Lipinski definition) is 7. The summed E-state index contributed by atoms with van der Waals surface area (Å²) in [5, 5.41) is 2.84. The number of benzene rings is 1. The van der Waals surface area contributed by atoms with Crippen LogP contribution in [0.3, 0.4) is 0 Å². The molecule has 190 valence electrons. The van der Waals surface area contributed by atoms with Gasteiger partial charge in [-0.25, -0.2) is 4.79 Å². The van der Waals surface area contributed by atoms with Gasteiger partial charge in [-0.1, -0.05) is 30.3 Å². The van der Waals surface area contributed by atoms with Gasteiger partial charge in [-0.05, 0) is 66.4 Å². The fourth-order valence-electron chi connectivity index (χ4n) is 3.34. The normalized spacial score (nSPS) is 11.9. The molecule has 1 aromatic carbocycles. The second-order valence-corrected chi connectivity index (χ2v) is 10.3. The van der Waals surface area contributed by atoms with E-state index in [4.69, 9.17) is 14.2 Å². The van der Waals surface area contributed by atoms with Crippen molar-refractivity contribution in [2.75, 3.05) is 0 Å². The van der Waals surface area contributed by atoms with Crippen LogP contribution < -0.4 is 5.32 Å². The summed E-state index contributed by atoms with van der Waals surface area (Å²) in [5.41, 5.74) is -1.51. The fraction of sp³-hybridized carbons (Fsp3) is 0.615. The molecule has 0 saturated carbocycles. The van der Waals surface area contributed by atoms with E-state index in [2.05, 4.69) is 5.32 Å². The monoisotopic (exact) mass is 477 g/mol. The predicted molar refractivity (Wildman–Crippen MR) is 128 cm³/mol. The first kappa shape index (κ1) is 29.1. The maximum atomic E-state index is 12.7. The molecule has 0 saturated heterocycles. The molecule has 0 spiro atoms. The van der Waals surface area contributed by atoms with E-state index in [0.717, 1.165) is 11.8 Å². The van der Waals surface area contributed by atoms with E-state index in [1.54, 1.807) is 41.5 Å². The minimum absolute atomic E-state index is 0.00338. The van der Waals surface area contributed by atoms with Crippen LogP contribution >= 0.6 is 0 Å². The minimum Gasteiger partial charge on any atom is -0.460 e. The smallest absolute Gasteiger partial charge is 0.407 e. The zero-order chi connectivity index (χ0) is 25.8. The molecule has 0 heterocycles. The number of alkyl carbamates (subject to hydrolysis) is 1. The molecule has 0 radical (unpaired) electrons. The summed E-state index contributed by atoms with van der Waals surface area (Å²) in [6.07, 6.45) is 0.796. The van der Waals surface area contributed by atoms with E-state index in [9.17, 15) is 19.2 Å². The first-order valence-corrected chi connectivity index (χ1v) is 11.6. The van der Waals surface area contributed by atoms with Crippen molar-refractivity contribution in [1.82, 2.24) is 5.32 Å². The lowest BCUT2D eigenvalue weighted by atomic mass is 9.84. The Balaban J connectivity index is 2.98. The lowest BCUT2D eigenvalue weighted by molar-refractivity contribution is -0.155. The Morgan fingerprint density at radius 2 is 1.32 bits per heavy atom. The summed E-state index contributed by atoms with van der Waals surface area (Å²) in [4.78, 5) is 48.6. The third kappa shape index (κ3) is 13.0. The number of rotatable bonds is 12. The van der Waals surface area contributed by atoms with Crippen molar-refractivity contribution >= 4 is 24.3 Å². The molecule has 34 heavy (non-hydrogen) atoms. The molecule has 0 unspecified atom stereocenters. The molecule has 8 nitrogen and oxygen atoms in total. The zero-order valence-electron chi connectivity index (χ0n) is 21.3. The van der Waals surface area contributed by atoms with Crippen LogP contribution in [-0.2, 0) is 35.2 Å². The van der Waals surface area contributed by atoms with Gasteiger partial charge >= 0.3 is 18.0 Å². The van der Waals surface area contributed by atoms with Gasteiger partial charge in [0, 0.05) is 24.8 Å². The van der Waals surface area contributed by atoms with E-state index >= 15 is 0 Å². The van der Waals surface area contributed by atoms with Crippen molar-refractivity contribution in [2.24, 2.45) is 0 Å². The average Bonchev–Trinajstić information content (AvgIpc) is 2.71. The molecule has 1 rings (SSSR count). The second kappa shape index (κ2) is 13.1. The molecule has 1 amide bonds. The summed E-state index contributed by atoms with van der Waals surface area (Å²) in [7, 11) is 0. The number of nitrogens with one attached hydrogen (secondary N) is 1. The Labute approximate surface area is 202 Å². The molecule has 0 aromatic heterocycles. The van der Waals surface area contributed by atoms with Gasteiger partial charge in [-0.3, -0.25) is 9.59 Å². The summed E-state index contributed by atoms with van der Waals surface area (Å²) < 4.78 is 16.2. The predicted octanol–water partition coefficient (Wildman–Crippen LogP) is 4.87. The minimum atomic E-state index is -1.03. The van der Waals surface area contributed by atoms with Crippen molar-refractivity contribution in [2.45, 2.75) is 103 Å². The third-order valence-electron chi connectivity index (χ3n) is 4.78. The Hall–Kier alpha value is -2.90. The van der Waals surface area contributed by atoms with Crippen LogP contribution in [0.1, 0.15) is 85.6 Å². The molecular weight excluding hydrogens is 438 g/mol. The molecular formula is C26H39NO7. The van der Waals surface area contributed by atoms with Crippen molar-refractivity contribution in [3.05, 3.63) is 35.9 Å². The second-order valence-electron chi connectivity index (χ2n) is 10.3. The standard InChI is InChI=1S/C26H39NO7/c1-24(2,3)33-21(29)13-16-26(15-10-18-28,17-14-22(30)34-25(4,5)6)27-23(31)32-19-20-11-8-7-9-12-20/h7-9,11-12,18H,10,13-17,19H2,1-6H3,(H,27,31). The Kier molecular flexibility index (Phi) is 11.2. The highest BCUT2D eigenvalue weighted by molar-refractivity contribution is 5.72. The van der Waals surface area contributed by atoms with Gasteiger partial charge in [0.2, 0.25) is 0 Å². The van der Waals surface area contributed by atoms with Gasteiger partial charge in [-0.2, -0.15) is 0 Å². The van der Waals surface area contributed by atoms with Crippen LogP contribution in [0.4, 0.5) is 4.79 Å². The highest BCUT2D eigenvalue weighted by Crippen LogP contribution is 2.27. The van der Waals surface area contributed by atoms with Crippen LogP contribution in [0.25, 0.3) is 0 Å². The zero-order valence-corrected chi connectivity index (χ0v) is 21.3. The number of hydrogen-bond donors (Lipinski definition) is 1. The maximum Gasteiger partial charge on any atom is 0.407 e. The summed E-state index contributed by atoms with van der Waals surface area (Å²) in [5.74, 6) is -0.862. The topological polar surface area (TPSA) is 108 Å². The average molecular weight is 478 g/mol. The fourth-order valence-corrected chi connectivity index (χ4v) is 3.34. The van der Waals surface area contributed by atoms with Gasteiger partial charge in [0.15, 0.2) is 0 Å². The Morgan fingerprint density at radius 3 is 1.76 bits per heavy atom. The number of carbonyl (C=O) groups excluding carboxylic acids is 4. The van der Waals surface area contributed by atoms with Gasteiger partial charge in [0.25, 0.3) is 0 Å². The number of carbonyl (C=O) groups is 4. The highest BCUT2D eigenvalue weighted by Gasteiger charge is 2.34. The summed E-state index contributed by atoms with van der Waals surface area (Å²) in [6.45, 7) is 10.7. The van der Waals surface area contributed by atoms with Crippen LogP contribution in [0.2, 0.25) is 0 Å².